The van der Waals surface area contributed by atoms with Gasteiger partial charge in [0.2, 0.25) is 0 Å². The Morgan fingerprint density at radius 1 is 1.38 bits per heavy atom. The highest BCUT2D eigenvalue weighted by Crippen LogP contribution is 2.41. The lowest BCUT2D eigenvalue weighted by atomic mass is 9.93. The lowest BCUT2D eigenvalue weighted by Gasteiger charge is -2.35. The van der Waals surface area contributed by atoms with Gasteiger partial charge in [0.25, 0.3) is 5.56 Å². The van der Waals surface area contributed by atoms with Crippen LogP contribution in [0.1, 0.15) is 52.3 Å². The number of nitrogens with zero attached hydrogens (tertiary/aromatic N) is 1. The molecule has 1 N–H and O–H groups in total. The molecule has 2 heterocycles. The predicted octanol–water partition coefficient (Wildman–Crippen LogP) is 2.30. The zero-order valence-corrected chi connectivity index (χ0v) is 16.3. The SMILES string of the molecule is C=CC[C@]1(COC(C)C)O[C@@H](n2cc(C)c(=O)[nH]c2=O)C[C@H]1OC(C)C. The Labute approximate surface area is 154 Å². The molecule has 26 heavy (non-hydrogen) atoms. The van der Waals surface area contributed by atoms with E-state index < -0.39 is 17.5 Å². The van der Waals surface area contributed by atoms with E-state index in [9.17, 15) is 9.59 Å². The number of ether oxygens (including phenoxy) is 3. The molecule has 1 aromatic rings. The molecule has 0 radical (unpaired) electrons. The highest BCUT2D eigenvalue weighted by Gasteiger charge is 2.50. The van der Waals surface area contributed by atoms with E-state index in [2.05, 4.69) is 11.6 Å². The van der Waals surface area contributed by atoms with Crippen LogP contribution >= 0.6 is 0 Å². The van der Waals surface area contributed by atoms with Crippen molar-refractivity contribution in [2.75, 3.05) is 6.61 Å². The van der Waals surface area contributed by atoms with Crippen LogP contribution in [0.5, 0.6) is 0 Å². The fourth-order valence-electron chi connectivity index (χ4n) is 3.19. The van der Waals surface area contributed by atoms with Crippen molar-refractivity contribution in [2.24, 2.45) is 0 Å². The van der Waals surface area contributed by atoms with Crippen molar-refractivity contribution in [3.8, 4) is 0 Å². The molecule has 0 bridgehead atoms. The summed E-state index contributed by atoms with van der Waals surface area (Å²) in [5.41, 5.74) is -1.16. The molecule has 0 aliphatic carbocycles. The first kappa shape index (κ1) is 20.6. The van der Waals surface area contributed by atoms with Gasteiger partial charge in [0.05, 0.1) is 24.9 Å². The molecule has 0 aromatic carbocycles. The molecule has 0 spiro atoms. The molecule has 0 saturated carbocycles. The number of aromatic nitrogens is 2. The van der Waals surface area contributed by atoms with Gasteiger partial charge in [-0.1, -0.05) is 6.08 Å². The summed E-state index contributed by atoms with van der Waals surface area (Å²) in [5.74, 6) is 0. The number of H-pyrrole nitrogens is 1. The van der Waals surface area contributed by atoms with E-state index in [0.717, 1.165) is 0 Å². The Hall–Kier alpha value is -1.70. The van der Waals surface area contributed by atoms with E-state index in [1.54, 1.807) is 13.0 Å². The lowest BCUT2D eigenvalue weighted by molar-refractivity contribution is -0.164. The van der Waals surface area contributed by atoms with Crippen LogP contribution in [0.3, 0.4) is 0 Å². The Bertz CT molecular complexity index is 736. The van der Waals surface area contributed by atoms with Crippen LogP contribution < -0.4 is 11.2 Å². The molecule has 146 valence electrons. The summed E-state index contributed by atoms with van der Waals surface area (Å²) in [4.78, 5) is 26.3. The second-order valence-corrected chi connectivity index (χ2v) is 7.38. The summed E-state index contributed by atoms with van der Waals surface area (Å²) < 4.78 is 19.7. The van der Waals surface area contributed by atoms with Crippen LogP contribution in [0.2, 0.25) is 0 Å². The minimum Gasteiger partial charge on any atom is -0.376 e. The van der Waals surface area contributed by atoms with Crippen molar-refractivity contribution in [2.45, 2.75) is 77.6 Å². The Balaban J connectivity index is 2.40. The summed E-state index contributed by atoms with van der Waals surface area (Å²) >= 11 is 0. The van der Waals surface area contributed by atoms with Gasteiger partial charge in [0.15, 0.2) is 0 Å². The molecule has 1 aliphatic rings. The van der Waals surface area contributed by atoms with Gasteiger partial charge in [-0.05, 0) is 41.0 Å². The van der Waals surface area contributed by atoms with Crippen molar-refractivity contribution >= 4 is 0 Å². The smallest absolute Gasteiger partial charge is 0.330 e. The monoisotopic (exact) mass is 366 g/mol. The third-order valence-electron chi connectivity index (χ3n) is 4.42. The second-order valence-electron chi connectivity index (χ2n) is 7.38. The second kappa shape index (κ2) is 8.33. The topological polar surface area (TPSA) is 82.5 Å². The largest absolute Gasteiger partial charge is 0.376 e. The van der Waals surface area contributed by atoms with Crippen molar-refractivity contribution in [3.05, 3.63) is 45.3 Å². The van der Waals surface area contributed by atoms with Crippen molar-refractivity contribution < 1.29 is 14.2 Å². The number of aryl methyl sites for hydroxylation is 1. The van der Waals surface area contributed by atoms with E-state index in [0.29, 0.717) is 25.0 Å². The van der Waals surface area contributed by atoms with Crippen molar-refractivity contribution in [3.63, 3.8) is 0 Å². The van der Waals surface area contributed by atoms with Crippen LogP contribution in [0.15, 0.2) is 28.4 Å². The molecule has 2 rings (SSSR count). The molecule has 1 saturated heterocycles. The minimum atomic E-state index is -0.732. The normalized spacial score (nSPS) is 26.0. The fraction of sp³-hybridized carbons (Fsp3) is 0.684. The number of hydrogen-bond acceptors (Lipinski definition) is 5. The third kappa shape index (κ3) is 4.52. The third-order valence-corrected chi connectivity index (χ3v) is 4.42. The Kier molecular flexibility index (Phi) is 6.60. The molecule has 0 unspecified atom stereocenters. The number of rotatable bonds is 8. The maximum Gasteiger partial charge on any atom is 0.330 e. The first-order valence-corrected chi connectivity index (χ1v) is 9.06. The molecule has 1 fully saturated rings. The maximum absolute atomic E-state index is 12.3. The fourth-order valence-corrected chi connectivity index (χ4v) is 3.19. The predicted molar refractivity (Wildman–Crippen MR) is 99.4 cm³/mol. The Morgan fingerprint density at radius 2 is 2.08 bits per heavy atom. The first-order chi connectivity index (χ1) is 12.2. The highest BCUT2D eigenvalue weighted by atomic mass is 16.6. The molecular weight excluding hydrogens is 336 g/mol. The molecule has 0 amide bonds. The van der Waals surface area contributed by atoms with Crippen LogP contribution in [-0.4, -0.2) is 40.1 Å². The standard InChI is InChI=1S/C19H30N2O5/c1-7-8-19(11-24-12(2)3)15(25-13(4)5)9-16(26-19)21-10-14(6)17(22)20-18(21)23/h7,10,12-13,15-16H,1,8-9,11H2,2-6H3,(H,20,22,23)/t15-,16-,19-/m1/s1. The molecule has 7 heteroatoms. The van der Waals surface area contributed by atoms with E-state index in [1.165, 1.54) is 10.8 Å². The number of hydrogen-bond donors (Lipinski definition) is 1. The summed E-state index contributed by atoms with van der Waals surface area (Å²) in [6.45, 7) is 13.7. The molecule has 1 aliphatic heterocycles. The van der Waals surface area contributed by atoms with Gasteiger partial charge in [0.1, 0.15) is 11.8 Å². The van der Waals surface area contributed by atoms with Gasteiger partial charge in [-0.25, -0.2) is 4.79 Å². The first-order valence-electron chi connectivity index (χ1n) is 9.06. The van der Waals surface area contributed by atoms with Crippen LogP contribution in [0, 0.1) is 6.92 Å². The van der Waals surface area contributed by atoms with Crippen LogP contribution in [-0.2, 0) is 14.2 Å². The van der Waals surface area contributed by atoms with Gasteiger partial charge in [-0.15, -0.1) is 6.58 Å². The van der Waals surface area contributed by atoms with Gasteiger partial charge < -0.3 is 14.2 Å². The average molecular weight is 366 g/mol. The molecular formula is C19H30N2O5. The van der Waals surface area contributed by atoms with E-state index in [4.69, 9.17) is 14.2 Å². The van der Waals surface area contributed by atoms with E-state index in [1.807, 2.05) is 27.7 Å². The molecule has 7 nitrogen and oxygen atoms in total. The summed E-state index contributed by atoms with van der Waals surface area (Å²) in [6.07, 6.45) is 3.57. The molecule has 3 atom stereocenters. The Morgan fingerprint density at radius 3 is 2.65 bits per heavy atom. The van der Waals surface area contributed by atoms with Crippen LogP contribution in [0.4, 0.5) is 0 Å². The summed E-state index contributed by atoms with van der Waals surface area (Å²) in [5, 5.41) is 0. The van der Waals surface area contributed by atoms with E-state index in [-0.39, 0.29) is 23.9 Å². The molecule has 1 aromatic heterocycles. The lowest BCUT2D eigenvalue weighted by Crippen LogP contribution is -2.46. The van der Waals surface area contributed by atoms with Crippen molar-refractivity contribution in [1.29, 1.82) is 0 Å². The quantitative estimate of drug-likeness (QED) is 0.714. The number of nitrogens with one attached hydrogen (secondary N) is 1. The van der Waals surface area contributed by atoms with Crippen molar-refractivity contribution in [1.82, 2.24) is 9.55 Å². The average Bonchev–Trinajstić information content (AvgIpc) is 2.87. The maximum atomic E-state index is 12.3. The van der Waals surface area contributed by atoms with Gasteiger partial charge >= 0.3 is 5.69 Å². The van der Waals surface area contributed by atoms with Gasteiger partial charge in [-0.3, -0.25) is 14.3 Å². The highest BCUT2D eigenvalue weighted by molar-refractivity contribution is 5.05. The van der Waals surface area contributed by atoms with Gasteiger partial charge in [-0.2, -0.15) is 0 Å². The minimum absolute atomic E-state index is 0.000344. The van der Waals surface area contributed by atoms with E-state index >= 15 is 0 Å². The van der Waals surface area contributed by atoms with Gasteiger partial charge in [0, 0.05) is 18.2 Å². The summed E-state index contributed by atoms with van der Waals surface area (Å²) in [7, 11) is 0. The van der Waals surface area contributed by atoms with Crippen LogP contribution in [0.25, 0.3) is 0 Å². The summed E-state index contributed by atoms with van der Waals surface area (Å²) in [6, 6.07) is 0. The zero-order chi connectivity index (χ0) is 19.5. The zero-order valence-electron chi connectivity index (χ0n) is 16.3. The number of aromatic amines is 1.